The molecule has 0 saturated carbocycles. The monoisotopic (exact) mass is 370 g/mol. The number of hydrogen-bond donors (Lipinski definition) is 1. The summed E-state index contributed by atoms with van der Waals surface area (Å²) >= 11 is 4.87. The van der Waals surface area contributed by atoms with E-state index in [0.29, 0.717) is 11.5 Å². The van der Waals surface area contributed by atoms with Crippen molar-refractivity contribution < 1.29 is 4.39 Å². The Bertz CT molecular complexity index is 610. The van der Waals surface area contributed by atoms with Crippen LogP contribution in [0, 0.1) is 11.7 Å². The van der Waals surface area contributed by atoms with Crippen LogP contribution in [-0.4, -0.2) is 11.5 Å². The lowest BCUT2D eigenvalue weighted by Crippen LogP contribution is -2.12. The lowest BCUT2D eigenvalue weighted by Gasteiger charge is -2.04. The van der Waals surface area contributed by atoms with E-state index in [9.17, 15) is 4.39 Å². The van der Waals surface area contributed by atoms with Gasteiger partial charge in [0.25, 0.3) is 0 Å². The number of rotatable bonds is 6. The molecule has 2 nitrogen and oxygen atoms in total. The van der Waals surface area contributed by atoms with E-state index in [1.165, 1.54) is 10.9 Å². The molecule has 1 heterocycles. The number of benzene rings is 1. The van der Waals surface area contributed by atoms with Crippen molar-refractivity contribution in [1.29, 1.82) is 0 Å². The zero-order chi connectivity index (χ0) is 15.4. The standard InChI is InChI=1S/C16H20BrFN2S/c1-4-19-9-15-14(7-10(2)3)20-16(21-15)12-6-5-11(17)8-13(12)18/h5-6,8,10,19H,4,7,9H2,1-3H3. The molecular weight excluding hydrogens is 351 g/mol. The number of hydrogen-bond acceptors (Lipinski definition) is 3. The number of halogens is 2. The summed E-state index contributed by atoms with van der Waals surface area (Å²) in [6, 6.07) is 5.13. The zero-order valence-electron chi connectivity index (χ0n) is 12.5. The van der Waals surface area contributed by atoms with Gasteiger partial charge >= 0.3 is 0 Å². The summed E-state index contributed by atoms with van der Waals surface area (Å²) in [5.74, 6) is 0.305. The van der Waals surface area contributed by atoms with Gasteiger partial charge in [0.1, 0.15) is 10.8 Å². The van der Waals surface area contributed by atoms with E-state index < -0.39 is 0 Å². The van der Waals surface area contributed by atoms with Crippen LogP contribution < -0.4 is 5.32 Å². The Labute approximate surface area is 137 Å². The minimum Gasteiger partial charge on any atom is -0.312 e. The Morgan fingerprint density at radius 2 is 2.14 bits per heavy atom. The molecule has 0 aliphatic heterocycles. The van der Waals surface area contributed by atoms with Crippen molar-refractivity contribution in [2.24, 2.45) is 5.92 Å². The molecule has 0 saturated heterocycles. The van der Waals surface area contributed by atoms with E-state index in [2.05, 4.69) is 47.0 Å². The minimum atomic E-state index is -0.232. The second-order valence-corrected chi connectivity index (χ2v) is 7.39. The van der Waals surface area contributed by atoms with Crippen molar-refractivity contribution in [2.75, 3.05) is 6.54 Å². The van der Waals surface area contributed by atoms with Crippen LogP contribution in [0.5, 0.6) is 0 Å². The van der Waals surface area contributed by atoms with Gasteiger partial charge in [-0.15, -0.1) is 11.3 Å². The van der Waals surface area contributed by atoms with E-state index in [1.54, 1.807) is 17.4 Å². The molecule has 1 aromatic carbocycles. The first-order chi connectivity index (χ1) is 10.0. The second-order valence-electron chi connectivity index (χ2n) is 5.39. The number of thiazole rings is 1. The molecule has 0 spiro atoms. The number of aromatic nitrogens is 1. The van der Waals surface area contributed by atoms with Gasteiger partial charge in [0, 0.05) is 21.5 Å². The summed E-state index contributed by atoms with van der Waals surface area (Å²) in [6.45, 7) is 8.15. The number of nitrogens with zero attached hydrogens (tertiary/aromatic N) is 1. The molecule has 0 atom stereocenters. The molecule has 0 bridgehead atoms. The quantitative estimate of drug-likeness (QED) is 0.771. The van der Waals surface area contributed by atoms with Crippen LogP contribution in [0.2, 0.25) is 0 Å². The highest BCUT2D eigenvalue weighted by molar-refractivity contribution is 9.10. The van der Waals surface area contributed by atoms with Gasteiger partial charge in [-0.3, -0.25) is 0 Å². The highest BCUT2D eigenvalue weighted by Gasteiger charge is 2.16. The lowest BCUT2D eigenvalue weighted by atomic mass is 10.1. The van der Waals surface area contributed by atoms with Gasteiger partial charge in [0.15, 0.2) is 0 Å². The van der Waals surface area contributed by atoms with Crippen molar-refractivity contribution in [3.63, 3.8) is 0 Å². The van der Waals surface area contributed by atoms with Gasteiger partial charge in [-0.05, 0) is 37.1 Å². The molecule has 1 aromatic heterocycles. The lowest BCUT2D eigenvalue weighted by molar-refractivity contribution is 0.625. The first-order valence-electron chi connectivity index (χ1n) is 7.16. The predicted molar refractivity (Wildman–Crippen MR) is 91.1 cm³/mol. The second kappa shape index (κ2) is 7.47. The normalized spacial score (nSPS) is 11.3. The maximum atomic E-state index is 14.1. The van der Waals surface area contributed by atoms with E-state index in [0.717, 1.165) is 34.7 Å². The zero-order valence-corrected chi connectivity index (χ0v) is 14.9. The van der Waals surface area contributed by atoms with Gasteiger partial charge < -0.3 is 5.32 Å². The molecule has 0 aliphatic carbocycles. The predicted octanol–water partition coefficient (Wildman–Crippen LogP) is 5.02. The van der Waals surface area contributed by atoms with Gasteiger partial charge in [-0.25, -0.2) is 9.37 Å². The highest BCUT2D eigenvalue weighted by Crippen LogP contribution is 2.32. The third kappa shape index (κ3) is 4.34. The fourth-order valence-corrected chi connectivity index (χ4v) is 3.50. The minimum absolute atomic E-state index is 0.232. The van der Waals surface area contributed by atoms with Crippen LogP contribution in [0.1, 0.15) is 31.3 Å². The highest BCUT2D eigenvalue weighted by atomic mass is 79.9. The van der Waals surface area contributed by atoms with Crippen LogP contribution in [0.4, 0.5) is 4.39 Å². The van der Waals surface area contributed by atoms with Crippen molar-refractivity contribution in [2.45, 2.75) is 33.7 Å². The SMILES string of the molecule is CCNCc1sc(-c2ccc(Br)cc2F)nc1CC(C)C. The molecule has 114 valence electrons. The van der Waals surface area contributed by atoms with Gasteiger partial charge in [-0.2, -0.15) is 0 Å². The van der Waals surface area contributed by atoms with Crippen LogP contribution in [0.15, 0.2) is 22.7 Å². The molecule has 0 fully saturated rings. The summed E-state index contributed by atoms with van der Waals surface area (Å²) in [5.41, 5.74) is 1.67. The summed E-state index contributed by atoms with van der Waals surface area (Å²) < 4.78 is 14.9. The molecular formula is C16H20BrFN2S. The fraction of sp³-hybridized carbons (Fsp3) is 0.438. The van der Waals surface area contributed by atoms with E-state index >= 15 is 0 Å². The first-order valence-corrected chi connectivity index (χ1v) is 8.77. The average Bonchev–Trinajstić information content (AvgIpc) is 2.78. The Morgan fingerprint density at radius 1 is 1.38 bits per heavy atom. The molecule has 21 heavy (non-hydrogen) atoms. The summed E-state index contributed by atoms with van der Waals surface area (Å²) in [7, 11) is 0. The van der Waals surface area contributed by atoms with Crippen molar-refractivity contribution >= 4 is 27.3 Å². The Morgan fingerprint density at radius 3 is 2.76 bits per heavy atom. The number of nitrogens with one attached hydrogen (secondary N) is 1. The topological polar surface area (TPSA) is 24.9 Å². The Hall–Kier alpha value is -0.780. The van der Waals surface area contributed by atoms with Gasteiger partial charge in [-0.1, -0.05) is 36.7 Å². The van der Waals surface area contributed by atoms with Crippen LogP contribution in [-0.2, 0) is 13.0 Å². The Kier molecular flexibility index (Phi) is 5.90. The summed E-state index contributed by atoms with van der Waals surface area (Å²) in [4.78, 5) is 5.90. The smallest absolute Gasteiger partial charge is 0.134 e. The van der Waals surface area contributed by atoms with E-state index in [4.69, 9.17) is 0 Å². The Balaban J connectivity index is 2.37. The summed E-state index contributed by atoms with van der Waals surface area (Å²) in [5, 5.41) is 4.10. The maximum Gasteiger partial charge on any atom is 0.134 e. The fourth-order valence-electron chi connectivity index (χ4n) is 2.08. The van der Waals surface area contributed by atoms with Crippen molar-refractivity contribution in [1.82, 2.24) is 10.3 Å². The maximum absolute atomic E-state index is 14.1. The van der Waals surface area contributed by atoms with Crippen LogP contribution in [0.3, 0.4) is 0 Å². The van der Waals surface area contributed by atoms with Gasteiger partial charge in [0.05, 0.1) is 5.69 Å². The van der Waals surface area contributed by atoms with Gasteiger partial charge in [0.2, 0.25) is 0 Å². The molecule has 2 rings (SSSR count). The van der Waals surface area contributed by atoms with Crippen LogP contribution >= 0.6 is 27.3 Å². The van der Waals surface area contributed by atoms with Crippen LogP contribution in [0.25, 0.3) is 10.6 Å². The molecule has 2 aromatic rings. The molecule has 1 N–H and O–H groups in total. The first kappa shape index (κ1) is 16.6. The van der Waals surface area contributed by atoms with Crippen molar-refractivity contribution in [3.8, 4) is 10.6 Å². The van der Waals surface area contributed by atoms with E-state index in [1.807, 2.05) is 6.07 Å². The third-order valence-electron chi connectivity index (χ3n) is 3.08. The molecule has 0 aliphatic rings. The molecule has 0 radical (unpaired) electrons. The van der Waals surface area contributed by atoms with Crippen molar-refractivity contribution in [3.05, 3.63) is 39.1 Å². The molecule has 0 amide bonds. The largest absolute Gasteiger partial charge is 0.312 e. The van der Waals surface area contributed by atoms with E-state index in [-0.39, 0.29) is 5.82 Å². The average molecular weight is 371 g/mol. The molecule has 5 heteroatoms. The summed E-state index contributed by atoms with van der Waals surface area (Å²) in [6.07, 6.45) is 0.926. The molecule has 0 unspecified atom stereocenters. The third-order valence-corrected chi connectivity index (χ3v) is 4.70.